The fraction of sp³-hybridized carbons (Fsp3) is 0.200. The van der Waals surface area contributed by atoms with Gasteiger partial charge < -0.3 is 14.6 Å². The number of benzene rings is 1. The predicted molar refractivity (Wildman–Crippen MR) is 101 cm³/mol. The molecule has 1 N–H and O–H groups in total. The van der Waals surface area contributed by atoms with E-state index in [0.29, 0.717) is 21.7 Å². The molecule has 30 heavy (non-hydrogen) atoms. The Labute approximate surface area is 169 Å². The Kier molecular flexibility index (Phi) is 5.61. The van der Waals surface area contributed by atoms with Gasteiger partial charge in [-0.15, -0.1) is 5.06 Å². The van der Waals surface area contributed by atoms with Crippen LogP contribution >= 0.6 is 0 Å². The van der Waals surface area contributed by atoms with Crippen LogP contribution in [0.25, 0.3) is 11.0 Å². The number of allylic oxidation sites excluding steroid dienone is 1. The van der Waals surface area contributed by atoms with Crippen molar-refractivity contribution in [3.8, 4) is 12.1 Å². The van der Waals surface area contributed by atoms with E-state index in [2.05, 4.69) is 5.32 Å². The molecule has 1 aliphatic heterocycles. The first-order chi connectivity index (χ1) is 14.3. The van der Waals surface area contributed by atoms with Gasteiger partial charge in [0.15, 0.2) is 0 Å². The summed E-state index contributed by atoms with van der Waals surface area (Å²) in [6, 6.07) is 8.21. The van der Waals surface area contributed by atoms with Crippen molar-refractivity contribution in [2.24, 2.45) is 0 Å². The minimum absolute atomic E-state index is 0.0287. The average molecular weight is 406 g/mol. The number of hydrogen-bond acceptors (Lipinski definition) is 9. The molecule has 0 aliphatic carbocycles. The lowest BCUT2D eigenvalue weighted by molar-refractivity contribution is -0.197. The number of rotatable bonds is 5. The number of carbonyl (C=O) groups excluding carboxylic acids is 3. The van der Waals surface area contributed by atoms with Crippen molar-refractivity contribution in [2.75, 3.05) is 5.32 Å². The van der Waals surface area contributed by atoms with Gasteiger partial charge in [0.25, 0.3) is 11.8 Å². The van der Waals surface area contributed by atoms with E-state index in [1.165, 1.54) is 12.3 Å². The molecule has 3 rings (SSSR count). The van der Waals surface area contributed by atoms with E-state index in [4.69, 9.17) is 19.8 Å². The molecule has 0 bridgehead atoms. The molecule has 1 aliphatic rings. The smallest absolute Gasteiger partial charge is 0.340 e. The molecule has 2 aromatic rings. The Hall–Kier alpha value is -4.44. The highest BCUT2D eigenvalue weighted by molar-refractivity contribution is 6.01. The summed E-state index contributed by atoms with van der Waals surface area (Å²) in [4.78, 5) is 52.4. The number of nitrogens with zero attached hydrogens (tertiary/aromatic N) is 3. The van der Waals surface area contributed by atoms with Gasteiger partial charge in [-0.2, -0.15) is 10.5 Å². The highest BCUT2D eigenvalue weighted by atomic mass is 16.7. The molecule has 10 heteroatoms. The van der Waals surface area contributed by atoms with Crippen molar-refractivity contribution in [1.82, 2.24) is 5.06 Å². The molecule has 10 nitrogen and oxygen atoms in total. The van der Waals surface area contributed by atoms with Crippen LogP contribution in [0.5, 0.6) is 0 Å². The first kappa shape index (κ1) is 20.3. The summed E-state index contributed by atoms with van der Waals surface area (Å²) in [5, 5.41) is 21.2. The number of carbonyl (C=O) groups is 3. The topological polar surface area (TPSA) is 154 Å². The monoisotopic (exact) mass is 406 g/mol. The Morgan fingerprint density at radius 1 is 1.23 bits per heavy atom. The van der Waals surface area contributed by atoms with Crippen LogP contribution in [0.4, 0.5) is 5.69 Å². The first-order valence-corrected chi connectivity index (χ1v) is 8.74. The Morgan fingerprint density at radius 3 is 2.53 bits per heavy atom. The predicted octanol–water partition coefficient (Wildman–Crippen LogP) is 1.59. The van der Waals surface area contributed by atoms with Crippen molar-refractivity contribution < 1.29 is 23.6 Å². The fourth-order valence-corrected chi connectivity index (χ4v) is 2.87. The van der Waals surface area contributed by atoms with E-state index >= 15 is 0 Å². The van der Waals surface area contributed by atoms with Crippen LogP contribution in [-0.4, -0.2) is 22.8 Å². The standard InChI is InChI=1S/C20H14N4O6/c1-11-14-3-2-13(23-10-12(8-21)9-22)6-16(14)29-20(28)15(11)7-19(27)30-24-17(25)4-5-18(24)26/h2-3,6,10,23H,4-5,7H2,1H3. The minimum Gasteiger partial charge on any atom is -0.422 e. The second-order valence-electron chi connectivity index (χ2n) is 6.35. The number of nitriles is 2. The zero-order chi connectivity index (χ0) is 21.8. The van der Waals surface area contributed by atoms with E-state index in [1.54, 1.807) is 31.2 Å². The van der Waals surface area contributed by atoms with Crippen LogP contribution in [0.1, 0.15) is 24.0 Å². The molecule has 150 valence electrons. The van der Waals surface area contributed by atoms with Crippen LogP contribution in [0.3, 0.4) is 0 Å². The molecule has 1 aromatic carbocycles. The lowest BCUT2D eigenvalue weighted by Gasteiger charge is -2.13. The van der Waals surface area contributed by atoms with Crippen molar-refractivity contribution in [3.05, 3.63) is 51.5 Å². The fourth-order valence-electron chi connectivity index (χ4n) is 2.87. The number of anilines is 1. The Bertz CT molecular complexity index is 1210. The van der Waals surface area contributed by atoms with Crippen LogP contribution in [-0.2, 0) is 25.6 Å². The van der Waals surface area contributed by atoms with Gasteiger partial charge in [0.05, 0.1) is 12.0 Å². The third kappa shape index (κ3) is 4.03. The maximum absolute atomic E-state index is 12.4. The summed E-state index contributed by atoms with van der Waals surface area (Å²) in [7, 11) is 0. The molecule has 0 radical (unpaired) electrons. The number of aryl methyl sites for hydroxylation is 1. The van der Waals surface area contributed by atoms with Gasteiger partial charge in [0, 0.05) is 36.2 Å². The van der Waals surface area contributed by atoms with Crippen molar-refractivity contribution >= 4 is 34.4 Å². The molecule has 2 amide bonds. The lowest BCUT2D eigenvalue weighted by Crippen LogP contribution is -2.33. The van der Waals surface area contributed by atoms with Gasteiger partial charge in [0.1, 0.15) is 23.3 Å². The highest BCUT2D eigenvalue weighted by Crippen LogP contribution is 2.24. The molecular weight excluding hydrogens is 392 g/mol. The third-order valence-corrected chi connectivity index (χ3v) is 4.43. The summed E-state index contributed by atoms with van der Waals surface area (Å²) in [5.41, 5.74) is 0.340. The number of hydroxylamine groups is 2. The first-order valence-electron chi connectivity index (χ1n) is 8.74. The van der Waals surface area contributed by atoms with Gasteiger partial charge in [-0.25, -0.2) is 9.59 Å². The van der Waals surface area contributed by atoms with E-state index in [-0.39, 0.29) is 29.6 Å². The minimum atomic E-state index is -0.933. The molecule has 1 aromatic heterocycles. The molecule has 0 saturated carbocycles. The zero-order valence-electron chi connectivity index (χ0n) is 15.7. The summed E-state index contributed by atoms with van der Waals surface area (Å²) < 4.78 is 5.29. The molecule has 0 atom stereocenters. The third-order valence-electron chi connectivity index (χ3n) is 4.43. The van der Waals surface area contributed by atoms with Crippen LogP contribution in [0.2, 0.25) is 0 Å². The Morgan fingerprint density at radius 2 is 1.90 bits per heavy atom. The van der Waals surface area contributed by atoms with E-state index in [1.807, 2.05) is 0 Å². The molecule has 1 fully saturated rings. The van der Waals surface area contributed by atoms with Gasteiger partial charge in [0.2, 0.25) is 0 Å². The largest absolute Gasteiger partial charge is 0.422 e. The number of amides is 2. The number of hydrogen-bond donors (Lipinski definition) is 1. The van der Waals surface area contributed by atoms with Crippen LogP contribution in [0, 0.1) is 29.6 Å². The maximum Gasteiger partial charge on any atom is 0.340 e. The highest BCUT2D eigenvalue weighted by Gasteiger charge is 2.33. The molecule has 0 unspecified atom stereocenters. The van der Waals surface area contributed by atoms with E-state index < -0.39 is 29.8 Å². The normalized spacial score (nSPS) is 13.0. The molecule has 2 heterocycles. The summed E-state index contributed by atoms with van der Waals surface area (Å²) in [5.74, 6) is -2.15. The quantitative estimate of drug-likeness (QED) is 0.443. The van der Waals surface area contributed by atoms with E-state index in [0.717, 1.165) is 0 Å². The van der Waals surface area contributed by atoms with E-state index in [9.17, 15) is 19.2 Å². The molecule has 0 spiro atoms. The van der Waals surface area contributed by atoms with Gasteiger partial charge in [-0.1, -0.05) is 0 Å². The average Bonchev–Trinajstić information content (AvgIpc) is 3.03. The van der Waals surface area contributed by atoms with Gasteiger partial charge in [-0.3, -0.25) is 9.59 Å². The second kappa shape index (κ2) is 8.29. The van der Waals surface area contributed by atoms with Crippen LogP contribution < -0.4 is 10.9 Å². The van der Waals surface area contributed by atoms with Crippen molar-refractivity contribution in [2.45, 2.75) is 26.2 Å². The molecular formula is C20H14N4O6. The van der Waals surface area contributed by atoms with Crippen LogP contribution in [0.15, 0.2) is 39.2 Å². The van der Waals surface area contributed by atoms with Gasteiger partial charge >= 0.3 is 11.6 Å². The second-order valence-corrected chi connectivity index (χ2v) is 6.35. The lowest BCUT2D eigenvalue weighted by atomic mass is 10.0. The number of fused-ring (bicyclic) bond motifs is 1. The number of nitrogens with one attached hydrogen (secondary N) is 1. The summed E-state index contributed by atoms with van der Waals surface area (Å²) in [6.45, 7) is 1.63. The number of imide groups is 1. The Balaban J connectivity index is 1.85. The SMILES string of the molecule is Cc1c(CC(=O)ON2C(=O)CCC2=O)c(=O)oc2cc(NC=C(C#N)C#N)ccc12. The molecule has 1 saturated heterocycles. The summed E-state index contributed by atoms with van der Waals surface area (Å²) >= 11 is 0. The summed E-state index contributed by atoms with van der Waals surface area (Å²) in [6.07, 6.45) is 0.688. The van der Waals surface area contributed by atoms with Crippen molar-refractivity contribution in [1.29, 1.82) is 10.5 Å². The zero-order valence-corrected chi connectivity index (χ0v) is 15.7. The van der Waals surface area contributed by atoms with Gasteiger partial charge in [-0.05, 0) is 24.6 Å². The maximum atomic E-state index is 12.4. The van der Waals surface area contributed by atoms with Crippen molar-refractivity contribution in [3.63, 3.8) is 0 Å².